The predicted octanol–water partition coefficient (Wildman–Crippen LogP) is 2.28. The first-order valence-corrected chi connectivity index (χ1v) is 8.04. The average Bonchev–Trinajstić information content (AvgIpc) is 3.04. The Bertz CT molecular complexity index is 891. The summed E-state index contributed by atoms with van der Waals surface area (Å²) < 4.78 is 2.10. The Kier molecular flexibility index (Phi) is 4.04. The van der Waals surface area contributed by atoms with Crippen LogP contribution in [0, 0.1) is 0 Å². The first-order chi connectivity index (χ1) is 10.6. The Hall–Kier alpha value is -2.06. The van der Waals surface area contributed by atoms with Crippen LogP contribution in [0.3, 0.4) is 0 Å². The van der Waals surface area contributed by atoms with Crippen molar-refractivity contribution in [2.75, 3.05) is 11.9 Å². The Balaban J connectivity index is 1.92. The molecule has 0 N–H and O–H groups in total. The van der Waals surface area contributed by atoms with E-state index in [4.69, 9.17) is 0 Å². The van der Waals surface area contributed by atoms with Crippen molar-refractivity contribution in [3.05, 3.63) is 50.9 Å². The van der Waals surface area contributed by atoms with Crippen molar-refractivity contribution >= 4 is 49.2 Å². The number of hydrogen-bond donors (Lipinski definition) is 0. The van der Waals surface area contributed by atoms with Gasteiger partial charge < -0.3 is 0 Å². The molecule has 2 heterocycles. The zero-order chi connectivity index (χ0) is 15.7. The highest BCUT2D eigenvalue weighted by molar-refractivity contribution is 9.10. The lowest BCUT2D eigenvalue weighted by Crippen LogP contribution is -2.34. The third-order valence-corrected chi connectivity index (χ3v) is 4.51. The second-order valence-electron chi connectivity index (χ2n) is 4.61. The molecule has 3 rings (SSSR count). The molecule has 0 atom stereocenters. The minimum absolute atomic E-state index is 0.0790. The van der Waals surface area contributed by atoms with Crippen LogP contribution >= 0.6 is 27.3 Å². The maximum absolute atomic E-state index is 12.4. The van der Waals surface area contributed by atoms with Gasteiger partial charge in [-0.25, -0.2) is 9.97 Å². The second-order valence-corrected chi connectivity index (χ2v) is 6.40. The molecule has 0 aliphatic carbocycles. The summed E-state index contributed by atoms with van der Waals surface area (Å²) in [6.45, 7) is -0.0790. The van der Waals surface area contributed by atoms with Crippen LogP contribution in [0.1, 0.15) is 0 Å². The van der Waals surface area contributed by atoms with Gasteiger partial charge in [0.15, 0.2) is 5.13 Å². The number of aromatic nitrogens is 3. The van der Waals surface area contributed by atoms with Crippen molar-refractivity contribution in [1.29, 1.82) is 0 Å². The van der Waals surface area contributed by atoms with Gasteiger partial charge in [-0.3, -0.25) is 19.1 Å². The highest BCUT2D eigenvalue weighted by Crippen LogP contribution is 2.16. The quantitative estimate of drug-likeness (QED) is 0.700. The molecule has 1 amide bonds. The molecule has 0 radical (unpaired) electrons. The minimum Gasteiger partial charge on any atom is -0.290 e. The fourth-order valence-electron chi connectivity index (χ4n) is 1.98. The summed E-state index contributed by atoms with van der Waals surface area (Å²) in [6.07, 6.45) is 3.03. The van der Waals surface area contributed by atoms with Crippen molar-refractivity contribution in [2.45, 2.75) is 6.54 Å². The number of benzene rings is 1. The summed E-state index contributed by atoms with van der Waals surface area (Å²) >= 11 is 4.70. The average molecular weight is 379 g/mol. The van der Waals surface area contributed by atoms with E-state index in [1.54, 1.807) is 30.8 Å². The molecule has 8 heteroatoms. The Morgan fingerprint density at radius 3 is 2.95 bits per heavy atom. The maximum atomic E-state index is 12.4. The van der Waals surface area contributed by atoms with Gasteiger partial charge in [0.05, 0.1) is 17.2 Å². The van der Waals surface area contributed by atoms with E-state index in [2.05, 4.69) is 25.9 Å². The lowest BCUT2D eigenvalue weighted by molar-refractivity contribution is -0.118. The van der Waals surface area contributed by atoms with Gasteiger partial charge in [-0.15, -0.1) is 11.3 Å². The van der Waals surface area contributed by atoms with Crippen molar-refractivity contribution in [3.63, 3.8) is 0 Å². The molecule has 6 nitrogen and oxygen atoms in total. The molecule has 3 aromatic rings. The van der Waals surface area contributed by atoms with Crippen LogP contribution in [-0.2, 0) is 11.3 Å². The number of rotatable bonds is 3. The lowest BCUT2D eigenvalue weighted by Gasteiger charge is -2.14. The Labute approximate surface area is 138 Å². The van der Waals surface area contributed by atoms with Crippen molar-refractivity contribution < 1.29 is 4.79 Å². The third kappa shape index (κ3) is 2.79. The first kappa shape index (κ1) is 14.9. The number of carbonyl (C=O) groups is 1. The zero-order valence-electron chi connectivity index (χ0n) is 11.6. The fourth-order valence-corrected chi connectivity index (χ4v) is 2.97. The molecule has 0 saturated heterocycles. The number of hydrogen-bond acceptors (Lipinski definition) is 5. The molecule has 0 unspecified atom stereocenters. The molecule has 0 fully saturated rings. The van der Waals surface area contributed by atoms with Crippen LogP contribution in [-0.4, -0.2) is 27.5 Å². The van der Waals surface area contributed by atoms with Crippen molar-refractivity contribution in [1.82, 2.24) is 14.5 Å². The van der Waals surface area contributed by atoms with E-state index in [0.717, 1.165) is 4.47 Å². The number of likely N-dealkylation sites (N-methyl/N-ethyl adjacent to an activating group) is 1. The van der Waals surface area contributed by atoms with Gasteiger partial charge in [-0.05, 0) is 18.2 Å². The summed E-state index contributed by atoms with van der Waals surface area (Å²) in [5.41, 5.74) is 0.359. The molecule has 0 aliphatic rings. The summed E-state index contributed by atoms with van der Waals surface area (Å²) in [7, 11) is 1.64. The standard InChI is InChI=1S/C14H11BrN4O2S/c1-18(14-16-4-5-22-14)12(20)7-19-8-17-11-3-2-9(15)6-10(11)13(19)21/h2-6,8H,7H2,1H3. The Morgan fingerprint density at radius 2 is 2.23 bits per heavy atom. The van der Waals surface area contributed by atoms with Gasteiger partial charge in [0.2, 0.25) is 5.91 Å². The molecular formula is C14H11BrN4O2S. The fraction of sp³-hybridized carbons (Fsp3) is 0.143. The summed E-state index contributed by atoms with van der Waals surface area (Å²) in [4.78, 5) is 34.4. The number of nitrogens with zero attached hydrogens (tertiary/aromatic N) is 4. The highest BCUT2D eigenvalue weighted by Gasteiger charge is 2.15. The van der Waals surface area contributed by atoms with Gasteiger partial charge in [-0.1, -0.05) is 15.9 Å². The molecule has 0 saturated carbocycles. The summed E-state index contributed by atoms with van der Waals surface area (Å²) in [6, 6.07) is 5.28. The van der Waals surface area contributed by atoms with Crippen LogP contribution in [0.4, 0.5) is 5.13 Å². The van der Waals surface area contributed by atoms with Crippen molar-refractivity contribution in [3.8, 4) is 0 Å². The molecule has 22 heavy (non-hydrogen) atoms. The monoisotopic (exact) mass is 378 g/mol. The van der Waals surface area contributed by atoms with E-state index >= 15 is 0 Å². The Morgan fingerprint density at radius 1 is 1.41 bits per heavy atom. The zero-order valence-corrected chi connectivity index (χ0v) is 14.0. The maximum Gasteiger partial charge on any atom is 0.261 e. The number of fused-ring (bicyclic) bond motifs is 1. The van der Waals surface area contributed by atoms with E-state index in [1.807, 2.05) is 6.07 Å². The summed E-state index contributed by atoms with van der Waals surface area (Å²) in [5.74, 6) is -0.229. The molecule has 2 aromatic heterocycles. The molecule has 0 aliphatic heterocycles. The van der Waals surface area contributed by atoms with Crippen LogP contribution in [0.25, 0.3) is 10.9 Å². The number of halogens is 1. The third-order valence-electron chi connectivity index (χ3n) is 3.17. The smallest absolute Gasteiger partial charge is 0.261 e. The minimum atomic E-state index is -0.243. The number of anilines is 1. The SMILES string of the molecule is CN(C(=O)Cn1cnc2ccc(Br)cc2c1=O)c1nccs1. The van der Waals surface area contributed by atoms with E-state index < -0.39 is 0 Å². The van der Waals surface area contributed by atoms with Crippen LogP contribution < -0.4 is 10.5 Å². The van der Waals surface area contributed by atoms with Gasteiger partial charge in [0.1, 0.15) is 6.54 Å². The lowest BCUT2D eigenvalue weighted by atomic mass is 10.2. The molecular weight excluding hydrogens is 368 g/mol. The number of thiazole rings is 1. The topological polar surface area (TPSA) is 68.1 Å². The van der Waals surface area contributed by atoms with Crippen LogP contribution in [0.2, 0.25) is 0 Å². The number of carbonyl (C=O) groups excluding carboxylic acids is 1. The van der Waals surface area contributed by atoms with E-state index in [-0.39, 0.29) is 18.0 Å². The van der Waals surface area contributed by atoms with Crippen LogP contribution in [0.5, 0.6) is 0 Å². The van der Waals surface area contributed by atoms with Gasteiger partial charge >= 0.3 is 0 Å². The van der Waals surface area contributed by atoms with Gasteiger partial charge in [-0.2, -0.15) is 0 Å². The van der Waals surface area contributed by atoms with E-state index in [1.165, 1.54) is 27.1 Å². The second kappa shape index (κ2) is 5.98. The first-order valence-electron chi connectivity index (χ1n) is 6.37. The molecule has 0 bridgehead atoms. The van der Waals surface area contributed by atoms with Gasteiger partial charge in [0.25, 0.3) is 5.56 Å². The normalized spacial score (nSPS) is 10.8. The van der Waals surface area contributed by atoms with E-state index in [0.29, 0.717) is 16.0 Å². The number of amides is 1. The highest BCUT2D eigenvalue weighted by atomic mass is 79.9. The largest absolute Gasteiger partial charge is 0.290 e. The summed E-state index contributed by atoms with van der Waals surface area (Å²) in [5, 5.41) is 2.86. The van der Waals surface area contributed by atoms with Crippen LogP contribution in [0.15, 0.2) is 45.4 Å². The molecule has 1 aromatic carbocycles. The van der Waals surface area contributed by atoms with Crippen molar-refractivity contribution in [2.24, 2.45) is 0 Å². The molecule has 0 spiro atoms. The van der Waals surface area contributed by atoms with E-state index in [9.17, 15) is 9.59 Å². The van der Waals surface area contributed by atoms with Gasteiger partial charge in [0, 0.05) is 23.1 Å². The molecule has 112 valence electrons. The predicted molar refractivity (Wildman–Crippen MR) is 89.2 cm³/mol.